The summed E-state index contributed by atoms with van der Waals surface area (Å²) in [5, 5.41) is 2.45. The van der Waals surface area contributed by atoms with Crippen molar-refractivity contribution in [3.63, 3.8) is 0 Å². The molecule has 5 rings (SSSR count). The van der Waals surface area contributed by atoms with E-state index < -0.39 is 35.2 Å². The van der Waals surface area contributed by atoms with Gasteiger partial charge in [0.2, 0.25) is 0 Å². The van der Waals surface area contributed by atoms with Gasteiger partial charge < -0.3 is 19.5 Å². The van der Waals surface area contributed by atoms with Crippen molar-refractivity contribution in [2.45, 2.75) is 24.5 Å². The molecular weight excluding hydrogens is 492 g/mol. The Morgan fingerprint density at radius 2 is 1.97 bits per heavy atom. The molecule has 0 saturated carbocycles. The first-order valence-electron chi connectivity index (χ1n) is 10.9. The third-order valence-corrected chi connectivity index (χ3v) is 6.53. The number of aromatic nitrogens is 2. The van der Waals surface area contributed by atoms with E-state index in [2.05, 4.69) is 15.3 Å². The topological polar surface area (TPSA) is 68.7 Å². The van der Waals surface area contributed by atoms with Crippen LogP contribution in [-0.4, -0.2) is 66.3 Å². The van der Waals surface area contributed by atoms with Gasteiger partial charge in [0.1, 0.15) is 23.0 Å². The second-order valence-corrected chi connectivity index (χ2v) is 8.79. The molecule has 12 heteroatoms. The average Bonchev–Trinajstić information content (AvgIpc) is 2.79. The molecule has 1 N–H and O–H groups in total. The fourth-order valence-electron chi connectivity index (χ4n) is 4.16. The molecule has 2 aliphatic heterocycles. The molecule has 35 heavy (non-hydrogen) atoms. The molecule has 0 bridgehead atoms. The van der Waals surface area contributed by atoms with Gasteiger partial charge in [-0.25, -0.2) is 27.5 Å². The highest BCUT2D eigenvalue weighted by molar-refractivity contribution is 6.31. The van der Waals surface area contributed by atoms with E-state index >= 15 is 0 Å². The minimum absolute atomic E-state index is 0.00294. The molecule has 186 valence electrons. The van der Waals surface area contributed by atoms with E-state index in [-0.39, 0.29) is 35.5 Å². The zero-order chi connectivity index (χ0) is 24.7. The molecule has 0 spiro atoms. The third-order valence-electron chi connectivity index (χ3n) is 6.18. The third kappa shape index (κ3) is 4.55. The maximum Gasteiger partial charge on any atom is 0.296 e. The molecule has 2 aromatic carbocycles. The van der Waals surface area contributed by atoms with Crippen molar-refractivity contribution < 1.29 is 31.8 Å². The first kappa shape index (κ1) is 23.8. The predicted octanol–water partition coefficient (Wildman–Crippen LogP) is 4.80. The number of rotatable bonds is 6. The van der Waals surface area contributed by atoms with Crippen LogP contribution in [0.1, 0.15) is 6.42 Å². The second kappa shape index (κ2) is 9.29. The van der Waals surface area contributed by atoms with Crippen molar-refractivity contribution in [3.8, 4) is 11.5 Å². The first-order chi connectivity index (χ1) is 16.8. The number of halogens is 5. The lowest BCUT2D eigenvalue weighted by Crippen LogP contribution is -2.60. The standard InChI is InChI=1S/C23H21ClF4N4O3/c1-33-17-7-16-13(22(30-11-29-16)31-15-3-2-14(25)20(24)21(15)26)6-18(17)35-19-4-5-32(10-23(19,27)28)12-8-34-9-12/h2-3,6-7,11-12,19H,4-5,8-10H2,1H3,(H,29,30,31)/t19-/m0/s1. The summed E-state index contributed by atoms with van der Waals surface area (Å²) in [6.07, 6.45) is -0.0253. The SMILES string of the molecule is COc1cc2ncnc(Nc3ccc(F)c(Cl)c3F)c2cc1O[C@H]1CCN(C2COC2)CC1(F)F. The summed E-state index contributed by atoms with van der Waals surface area (Å²) in [6.45, 7) is 0.929. The van der Waals surface area contributed by atoms with Gasteiger partial charge in [0.25, 0.3) is 5.92 Å². The highest BCUT2D eigenvalue weighted by atomic mass is 35.5. The fraction of sp³-hybridized carbons (Fsp3) is 0.391. The average molecular weight is 513 g/mol. The summed E-state index contributed by atoms with van der Waals surface area (Å²) >= 11 is 5.67. The van der Waals surface area contributed by atoms with Crippen molar-refractivity contribution in [1.29, 1.82) is 0 Å². The Morgan fingerprint density at radius 3 is 2.66 bits per heavy atom. The number of ether oxygens (including phenoxy) is 3. The zero-order valence-electron chi connectivity index (χ0n) is 18.5. The van der Waals surface area contributed by atoms with Crippen LogP contribution in [0.25, 0.3) is 10.9 Å². The number of nitrogens with one attached hydrogen (secondary N) is 1. The van der Waals surface area contributed by atoms with Crippen molar-refractivity contribution in [2.75, 3.05) is 38.7 Å². The molecule has 0 unspecified atom stereocenters. The van der Waals surface area contributed by atoms with Crippen LogP contribution in [0.5, 0.6) is 11.5 Å². The Morgan fingerprint density at radius 1 is 1.17 bits per heavy atom. The van der Waals surface area contributed by atoms with Crippen LogP contribution in [-0.2, 0) is 4.74 Å². The van der Waals surface area contributed by atoms with Crippen LogP contribution in [0.2, 0.25) is 5.02 Å². The van der Waals surface area contributed by atoms with E-state index in [0.717, 1.165) is 6.07 Å². The van der Waals surface area contributed by atoms with Gasteiger partial charge in [-0.15, -0.1) is 0 Å². The largest absolute Gasteiger partial charge is 0.493 e. The summed E-state index contributed by atoms with van der Waals surface area (Å²) < 4.78 is 74.2. The molecule has 3 heterocycles. The van der Waals surface area contributed by atoms with E-state index in [4.69, 9.17) is 25.8 Å². The molecule has 0 aliphatic carbocycles. The number of hydrogen-bond acceptors (Lipinski definition) is 7. The number of likely N-dealkylation sites (tertiary alicyclic amines) is 1. The molecule has 1 aromatic heterocycles. The maximum absolute atomic E-state index is 15.0. The van der Waals surface area contributed by atoms with Crippen LogP contribution >= 0.6 is 11.6 Å². The Labute approximate surface area is 202 Å². The first-order valence-corrected chi connectivity index (χ1v) is 11.2. The number of piperidine rings is 1. The monoisotopic (exact) mass is 512 g/mol. The highest BCUT2D eigenvalue weighted by Crippen LogP contribution is 2.39. The number of nitrogens with zero attached hydrogens (tertiary/aromatic N) is 3. The van der Waals surface area contributed by atoms with E-state index in [1.807, 2.05) is 0 Å². The van der Waals surface area contributed by atoms with Crippen LogP contribution in [0.4, 0.5) is 29.1 Å². The molecule has 0 amide bonds. The maximum atomic E-state index is 15.0. The Kier molecular flexibility index (Phi) is 6.32. The molecule has 2 aliphatic rings. The highest BCUT2D eigenvalue weighted by Gasteiger charge is 2.48. The van der Waals surface area contributed by atoms with Crippen LogP contribution in [0.3, 0.4) is 0 Å². The zero-order valence-corrected chi connectivity index (χ0v) is 19.3. The summed E-state index contributed by atoms with van der Waals surface area (Å²) in [4.78, 5) is 10.0. The van der Waals surface area contributed by atoms with Crippen molar-refractivity contribution in [2.24, 2.45) is 0 Å². The number of benzene rings is 2. The molecule has 2 fully saturated rings. The summed E-state index contributed by atoms with van der Waals surface area (Å²) in [5.41, 5.74) is 0.278. The Hall–Kier alpha value is -2.89. The van der Waals surface area contributed by atoms with Gasteiger partial charge in [-0.3, -0.25) is 4.90 Å². The minimum atomic E-state index is -3.10. The van der Waals surface area contributed by atoms with E-state index in [9.17, 15) is 17.6 Å². The number of hydrogen-bond donors (Lipinski definition) is 1. The van der Waals surface area contributed by atoms with Gasteiger partial charge >= 0.3 is 0 Å². The molecule has 0 radical (unpaired) electrons. The lowest BCUT2D eigenvalue weighted by molar-refractivity contribution is -0.170. The lowest BCUT2D eigenvalue weighted by Gasteiger charge is -2.44. The van der Waals surface area contributed by atoms with E-state index in [1.165, 1.54) is 31.6 Å². The summed E-state index contributed by atoms with van der Waals surface area (Å²) in [7, 11) is 1.39. The van der Waals surface area contributed by atoms with Crippen LogP contribution in [0.15, 0.2) is 30.6 Å². The van der Waals surface area contributed by atoms with Gasteiger partial charge in [0.05, 0.1) is 44.1 Å². The summed E-state index contributed by atoms with van der Waals surface area (Å²) in [5.74, 6) is -4.57. The molecule has 3 aromatic rings. The molecular formula is C23H21ClF4N4O3. The van der Waals surface area contributed by atoms with Crippen molar-refractivity contribution in [3.05, 3.63) is 47.2 Å². The molecule has 7 nitrogen and oxygen atoms in total. The van der Waals surface area contributed by atoms with Gasteiger partial charge in [-0.1, -0.05) is 11.6 Å². The normalized spacial score (nSPS) is 20.5. The van der Waals surface area contributed by atoms with Crippen molar-refractivity contribution >= 4 is 34.0 Å². The van der Waals surface area contributed by atoms with E-state index in [1.54, 1.807) is 4.90 Å². The van der Waals surface area contributed by atoms with Gasteiger partial charge in [0, 0.05) is 24.4 Å². The number of anilines is 2. The second-order valence-electron chi connectivity index (χ2n) is 8.41. The molecule has 1 atom stereocenters. The smallest absolute Gasteiger partial charge is 0.296 e. The van der Waals surface area contributed by atoms with Gasteiger partial charge in [-0.05, 0) is 18.2 Å². The number of methoxy groups -OCH3 is 1. The van der Waals surface area contributed by atoms with Gasteiger partial charge in [0.15, 0.2) is 23.4 Å². The van der Waals surface area contributed by atoms with Crippen LogP contribution in [0, 0.1) is 11.6 Å². The Bertz CT molecular complexity index is 1260. The minimum Gasteiger partial charge on any atom is -0.493 e. The van der Waals surface area contributed by atoms with Gasteiger partial charge in [-0.2, -0.15) is 0 Å². The lowest BCUT2D eigenvalue weighted by atomic mass is 10.0. The fourth-order valence-corrected chi connectivity index (χ4v) is 4.32. The quantitative estimate of drug-likeness (QED) is 0.376. The molecule has 2 saturated heterocycles. The number of fused-ring (bicyclic) bond motifs is 1. The van der Waals surface area contributed by atoms with Crippen molar-refractivity contribution in [1.82, 2.24) is 14.9 Å². The predicted molar refractivity (Wildman–Crippen MR) is 121 cm³/mol. The Balaban J connectivity index is 1.45. The van der Waals surface area contributed by atoms with Crippen LogP contribution < -0.4 is 14.8 Å². The van der Waals surface area contributed by atoms with E-state index in [0.29, 0.717) is 30.7 Å². The number of alkyl halides is 2. The summed E-state index contributed by atoms with van der Waals surface area (Å²) in [6, 6.07) is 5.17.